The van der Waals surface area contributed by atoms with Gasteiger partial charge in [-0.1, -0.05) is 0 Å². The van der Waals surface area contributed by atoms with Crippen LogP contribution < -0.4 is 0 Å². The van der Waals surface area contributed by atoms with Crippen LogP contribution in [0.15, 0.2) is 18.2 Å². The third-order valence-electron chi connectivity index (χ3n) is 2.86. The second-order valence-electron chi connectivity index (χ2n) is 3.99. The minimum absolute atomic E-state index is 0.0832. The molecule has 0 spiro atoms. The highest BCUT2D eigenvalue weighted by atomic mass is 19.1. The Morgan fingerprint density at radius 1 is 1.31 bits per heavy atom. The highest BCUT2D eigenvalue weighted by Crippen LogP contribution is 2.25. The summed E-state index contributed by atoms with van der Waals surface area (Å²) in [5, 5.41) is 0. The van der Waals surface area contributed by atoms with E-state index < -0.39 is 11.6 Å². The Bertz CT molecular complexity index is 397. The largest absolute Gasteiger partial charge is 0.378 e. The number of carbonyl (C=O) groups excluding carboxylic acids is 1. The van der Waals surface area contributed by atoms with Crippen LogP contribution >= 0.6 is 0 Å². The molecule has 1 aromatic carbocycles. The summed E-state index contributed by atoms with van der Waals surface area (Å²) < 4.78 is 31.2. The number of ketones is 1. The summed E-state index contributed by atoms with van der Waals surface area (Å²) >= 11 is 0. The summed E-state index contributed by atoms with van der Waals surface area (Å²) in [6.45, 7) is 2.32. The Kier molecular flexibility index (Phi) is 3.01. The maximum atomic E-state index is 12.9. The maximum absolute atomic E-state index is 12.9. The minimum Gasteiger partial charge on any atom is -0.378 e. The summed E-state index contributed by atoms with van der Waals surface area (Å²) in [5.74, 6) is -1.99. The third-order valence-corrected chi connectivity index (χ3v) is 2.86. The van der Waals surface area contributed by atoms with E-state index in [0.29, 0.717) is 13.0 Å². The zero-order valence-corrected chi connectivity index (χ0v) is 8.87. The van der Waals surface area contributed by atoms with Crippen molar-refractivity contribution >= 4 is 5.78 Å². The molecular weight excluding hydrogens is 214 g/mol. The third kappa shape index (κ3) is 2.11. The molecule has 0 radical (unpaired) electrons. The van der Waals surface area contributed by atoms with E-state index in [0.717, 1.165) is 18.2 Å². The van der Waals surface area contributed by atoms with Crippen molar-refractivity contribution in [1.29, 1.82) is 0 Å². The van der Waals surface area contributed by atoms with Gasteiger partial charge in [0.15, 0.2) is 5.78 Å². The van der Waals surface area contributed by atoms with Crippen molar-refractivity contribution in [3.05, 3.63) is 35.4 Å². The first-order valence-electron chi connectivity index (χ1n) is 5.20. The maximum Gasteiger partial charge on any atom is 0.168 e. The van der Waals surface area contributed by atoms with Crippen molar-refractivity contribution in [3.63, 3.8) is 0 Å². The van der Waals surface area contributed by atoms with E-state index in [1.54, 1.807) is 6.92 Å². The van der Waals surface area contributed by atoms with Crippen molar-refractivity contribution in [2.75, 3.05) is 6.61 Å². The second-order valence-corrected chi connectivity index (χ2v) is 3.99. The molecule has 0 N–H and O–H groups in total. The van der Waals surface area contributed by atoms with Gasteiger partial charge in [-0.2, -0.15) is 0 Å². The van der Waals surface area contributed by atoms with Crippen LogP contribution in [0.3, 0.4) is 0 Å². The average Bonchev–Trinajstić information content (AvgIpc) is 2.62. The molecule has 0 aromatic heterocycles. The number of benzene rings is 1. The Morgan fingerprint density at radius 2 is 1.94 bits per heavy atom. The van der Waals surface area contributed by atoms with Gasteiger partial charge in [0.05, 0.1) is 12.0 Å². The summed E-state index contributed by atoms with van der Waals surface area (Å²) in [4.78, 5) is 11.9. The Hall–Kier alpha value is -1.29. The van der Waals surface area contributed by atoms with Gasteiger partial charge < -0.3 is 4.74 Å². The highest BCUT2D eigenvalue weighted by molar-refractivity contribution is 5.98. The average molecular weight is 226 g/mol. The quantitative estimate of drug-likeness (QED) is 0.724. The normalized spacial score (nSPS) is 24.7. The SMILES string of the molecule is CC1OCCC1C(=O)c1cc(F)cc(F)c1. The zero-order valence-electron chi connectivity index (χ0n) is 8.87. The standard InChI is InChI=1S/C12H12F2O2/c1-7-11(2-3-16-7)12(15)8-4-9(13)6-10(14)5-8/h4-7,11H,2-3H2,1H3. The van der Waals surface area contributed by atoms with Crippen LogP contribution in [0.2, 0.25) is 0 Å². The fraction of sp³-hybridized carbons (Fsp3) is 0.417. The van der Waals surface area contributed by atoms with Crippen LogP contribution in [-0.2, 0) is 4.74 Å². The van der Waals surface area contributed by atoms with E-state index in [4.69, 9.17) is 4.74 Å². The summed E-state index contributed by atoms with van der Waals surface area (Å²) in [6.07, 6.45) is 0.428. The van der Waals surface area contributed by atoms with Crippen LogP contribution in [0, 0.1) is 17.6 Å². The number of ether oxygens (including phenoxy) is 1. The molecule has 2 nitrogen and oxygen atoms in total. The van der Waals surface area contributed by atoms with E-state index in [1.165, 1.54) is 0 Å². The van der Waals surface area contributed by atoms with Crippen molar-refractivity contribution in [1.82, 2.24) is 0 Å². The number of hydrogen-bond acceptors (Lipinski definition) is 2. The van der Waals surface area contributed by atoms with Gasteiger partial charge in [-0.3, -0.25) is 4.79 Å². The van der Waals surface area contributed by atoms with Crippen LogP contribution in [-0.4, -0.2) is 18.5 Å². The molecule has 1 aliphatic heterocycles. The molecule has 2 rings (SSSR count). The predicted molar refractivity (Wildman–Crippen MR) is 54.2 cm³/mol. The molecule has 1 fully saturated rings. The smallest absolute Gasteiger partial charge is 0.168 e. The zero-order chi connectivity index (χ0) is 11.7. The van der Waals surface area contributed by atoms with Gasteiger partial charge in [0.25, 0.3) is 0 Å². The molecule has 1 aromatic rings. The van der Waals surface area contributed by atoms with E-state index in [1.807, 2.05) is 0 Å². The lowest BCUT2D eigenvalue weighted by Gasteiger charge is -2.12. The van der Waals surface area contributed by atoms with Crippen LogP contribution in [0.4, 0.5) is 8.78 Å². The first-order valence-corrected chi connectivity index (χ1v) is 5.20. The van der Waals surface area contributed by atoms with Gasteiger partial charge in [0, 0.05) is 18.2 Å². The fourth-order valence-electron chi connectivity index (χ4n) is 1.99. The van der Waals surface area contributed by atoms with Crippen molar-refractivity contribution in [2.24, 2.45) is 5.92 Å². The highest BCUT2D eigenvalue weighted by Gasteiger charge is 2.31. The molecule has 2 unspecified atom stereocenters. The fourth-order valence-corrected chi connectivity index (χ4v) is 1.99. The molecule has 1 heterocycles. The minimum atomic E-state index is -0.727. The molecule has 0 saturated carbocycles. The van der Waals surface area contributed by atoms with Gasteiger partial charge in [-0.15, -0.1) is 0 Å². The van der Waals surface area contributed by atoms with E-state index >= 15 is 0 Å². The van der Waals surface area contributed by atoms with Gasteiger partial charge in [0.1, 0.15) is 11.6 Å². The lowest BCUT2D eigenvalue weighted by atomic mass is 9.92. The molecule has 1 saturated heterocycles. The van der Waals surface area contributed by atoms with E-state index in [2.05, 4.69) is 0 Å². The molecule has 2 atom stereocenters. The number of rotatable bonds is 2. The first-order chi connectivity index (χ1) is 7.58. The van der Waals surface area contributed by atoms with Gasteiger partial charge in [-0.05, 0) is 25.5 Å². The van der Waals surface area contributed by atoms with Gasteiger partial charge in [-0.25, -0.2) is 8.78 Å². The second kappa shape index (κ2) is 4.29. The molecule has 0 amide bonds. The number of hydrogen-bond donors (Lipinski definition) is 0. The monoisotopic (exact) mass is 226 g/mol. The Balaban J connectivity index is 2.26. The first kappa shape index (κ1) is 11.2. The van der Waals surface area contributed by atoms with Crippen LogP contribution in [0.5, 0.6) is 0 Å². The van der Waals surface area contributed by atoms with Crippen molar-refractivity contribution in [2.45, 2.75) is 19.4 Å². The number of halogens is 2. The molecule has 4 heteroatoms. The van der Waals surface area contributed by atoms with Gasteiger partial charge in [0.2, 0.25) is 0 Å². The van der Waals surface area contributed by atoms with Crippen molar-refractivity contribution < 1.29 is 18.3 Å². The molecule has 0 aliphatic carbocycles. The topological polar surface area (TPSA) is 26.3 Å². The Labute approximate surface area is 92.2 Å². The predicted octanol–water partition coefficient (Wildman–Crippen LogP) is 2.57. The van der Waals surface area contributed by atoms with Crippen LogP contribution in [0.1, 0.15) is 23.7 Å². The van der Waals surface area contributed by atoms with Crippen molar-refractivity contribution in [3.8, 4) is 0 Å². The lowest BCUT2D eigenvalue weighted by Crippen LogP contribution is -2.21. The summed E-state index contributed by atoms with van der Waals surface area (Å²) in [6, 6.07) is 2.89. The lowest BCUT2D eigenvalue weighted by molar-refractivity contribution is 0.0763. The number of Topliss-reactive ketones (excluding diaryl/α,β-unsaturated/α-hetero) is 1. The van der Waals surface area contributed by atoms with E-state index in [-0.39, 0.29) is 23.4 Å². The molecular formula is C12H12F2O2. The van der Waals surface area contributed by atoms with E-state index in [9.17, 15) is 13.6 Å². The Morgan fingerprint density at radius 3 is 2.44 bits per heavy atom. The number of carbonyl (C=O) groups is 1. The molecule has 86 valence electrons. The molecule has 0 bridgehead atoms. The summed E-state index contributed by atoms with van der Waals surface area (Å²) in [5.41, 5.74) is 0.0832. The molecule has 16 heavy (non-hydrogen) atoms. The molecule has 1 aliphatic rings. The summed E-state index contributed by atoms with van der Waals surface area (Å²) in [7, 11) is 0. The van der Waals surface area contributed by atoms with Crippen LogP contribution in [0.25, 0.3) is 0 Å². The van der Waals surface area contributed by atoms with Gasteiger partial charge >= 0.3 is 0 Å².